The zero-order chi connectivity index (χ0) is 15.3. The summed E-state index contributed by atoms with van der Waals surface area (Å²) in [5.74, 6) is 1.40. The molecule has 0 aliphatic carbocycles. The van der Waals surface area contributed by atoms with E-state index in [0.717, 1.165) is 37.2 Å². The van der Waals surface area contributed by atoms with Gasteiger partial charge in [0, 0.05) is 18.6 Å². The zero-order valence-corrected chi connectivity index (χ0v) is 13.0. The van der Waals surface area contributed by atoms with E-state index in [1.807, 2.05) is 0 Å². The topological polar surface area (TPSA) is 26.3 Å². The fourth-order valence-electron chi connectivity index (χ4n) is 1.61. The number of thioether (sulfide) groups is 1. The smallest absolute Gasteiger partial charge is 0.389 e. The van der Waals surface area contributed by atoms with Crippen LogP contribution in [0.4, 0.5) is 13.2 Å². The summed E-state index contributed by atoms with van der Waals surface area (Å²) < 4.78 is 40.6. The molecule has 6 heteroatoms. The molecule has 0 rings (SSSR count). The van der Waals surface area contributed by atoms with Gasteiger partial charge in [0.05, 0.1) is 0 Å². The SMILES string of the molecule is CCCCCC(=O)OCCSCCCCCC(F)(F)F. The molecule has 0 atom stereocenters. The van der Waals surface area contributed by atoms with Crippen LogP contribution in [0.1, 0.15) is 58.3 Å². The first-order valence-corrected chi connectivity index (χ1v) is 8.41. The van der Waals surface area contributed by atoms with Crippen molar-refractivity contribution in [1.29, 1.82) is 0 Å². The van der Waals surface area contributed by atoms with E-state index in [9.17, 15) is 18.0 Å². The predicted molar refractivity (Wildman–Crippen MR) is 76.9 cm³/mol. The third kappa shape index (κ3) is 15.7. The van der Waals surface area contributed by atoms with Gasteiger partial charge in [0.15, 0.2) is 0 Å². The number of esters is 1. The Morgan fingerprint density at radius 3 is 2.45 bits per heavy atom. The zero-order valence-electron chi connectivity index (χ0n) is 12.1. The normalized spacial score (nSPS) is 11.6. The summed E-state index contributed by atoms with van der Waals surface area (Å²) >= 11 is 1.62. The highest BCUT2D eigenvalue weighted by atomic mass is 32.2. The number of carbonyl (C=O) groups is 1. The molecule has 0 N–H and O–H groups in total. The van der Waals surface area contributed by atoms with Crippen LogP contribution >= 0.6 is 11.8 Å². The maximum atomic E-state index is 11.9. The van der Waals surface area contributed by atoms with E-state index in [-0.39, 0.29) is 12.4 Å². The average molecular weight is 314 g/mol. The van der Waals surface area contributed by atoms with Crippen LogP contribution in [0.25, 0.3) is 0 Å². The molecule has 0 spiro atoms. The lowest BCUT2D eigenvalue weighted by Crippen LogP contribution is -2.07. The summed E-state index contributed by atoms with van der Waals surface area (Å²) in [5.41, 5.74) is 0. The van der Waals surface area contributed by atoms with Gasteiger partial charge in [0.2, 0.25) is 0 Å². The molecule has 0 aliphatic heterocycles. The van der Waals surface area contributed by atoms with E-state index < -0.39 is 12.6 Å². The first kappa shape index (κ1) is 19.6. The lowest BCUT2D eigenvalue weighted by molar-refractivity contribution is -0.143. The third-order valence-electron chi connectivity index (χ3n) is 2.72. The fraction of sp³-hybridized carbons (Fsp3) is 0.929. The Bertz CT molecular complexity index is 245. The van der Waals surface area contributed by atoms with E-state index in [1.54, 1.807) is 11.8 Å². The van der Waals surface area contributed by atoms with E-state index in [0.29, 0.717) is 19.4 Å². The second kappa shape index (κ2) is 12.4. The van der Waals surface area contributed by atoms with Crippen LogP contribution in [-0.2, 0) is 9.53 Å². The highest BCUT2D eigenvalue weighted by molar-refractivity contribution is 7.99. The molecule has 0 aromatic rings. The van der Waals surface area contributed by atoms with Crippen molar-refractivity contribution in [3.05, 3.63) is 0 Å². The van der Waals surface area contributed by atoms with Gasteiger partial charge in [-0.2, -0.15) is 24.9 Å². The minimum Gasteiger partial charge on any atom is -0.465 e. The molecule has 0 radical (unpaired) electrons. The van der Waals surface area contributed by atoms with Gasteiger partial charge < -0.3 is 4.74 Å². The molecule has 0 fully saturated rings. The Labute approximate surface area is 123 Å². The molecule has 20 heavy (non-hydrogen) atoms. The third-order valence-corrected chi connectivity index (χ3v) is 3.76. The predicted octanol–water partition coefficient (Wildman–Crippen LogP) is 4.97. The molecule has 0 heterocycles. The summed E-state index contributed by atoms with van der Waals surface area (Å²) in [7, 11) is 0. The summed E-state index contributed by atoms with van der Waals surface area (Å²) in [6.07, 6.45) is 0.355. The van der Waals surface area contributed by atoms with Gasteiger partial charge in [-0.3, -0.25) is 4.79 Å². The van der Waals surface area contributed by atoms with Crippen LogP contribution < -0.4 is 0 Å². The summed E-state index contributed by atoms with van der Waals surface area (Å²) in [4.78, 5) is 11.2. The molecule has 0 saturated heterocycles. The van der Waals surface area contributed by atoms with Crippen LogP contribution in [-0.4, -0.2) is 30.3 Å². The number of rotatable bonds is 12. The highest BCUT2D eigenvalue weighted by Crippen LogP contribution is 2.22. The van der Waals surface area contributed by atoms with E-state index >= 15 is 0 Å². The van der Waals surface area contributed by atoms with Crippen LogP contribution in [0.3, 0.4) is 0 Å². The quantitative estimate of drug-likeness (QED) is 0.376. The van der Waals surface area contributed by atoms with Crippen molar-refractivity contribution < 1.29 is 22.7 Å². The monoisotopic (exact) mass is 314 g/mol. The van der Waals surface area contributed by atoms with Crippen LogP contribution in [0.15, 0.2) is 0 Å². The Hall–Kier alpha value is -0.390. The van der Waals surface area contributed by atoms with Crippen LogP contribution in [0, 0.1) is 0 Å². The van der Waals surface area contributed by atoms with Crippen molar-refractivity contribution in [3.63, 3.8) is 0 Å². The Morgan fingerprint density at radius 1 is 1.05 bits per heavy atom. The first-order valence-electron chi connectivity index (χ1n) is 7.26. The van der Waals surface area contributed by atoms with Gasteiger partial charge in [-0.25, -0.2) is 0 Å². The number of carbonyl (C=O) groups excluding carboxylic acids is 1. The Balaban J connectivity index is 3.18. The molecule has 0 unspecified atom stereocenters. The van der Waals surface area contributed by atoms with E-state index in [1.165, 1.54) is 0 Å². The largest absolute Gasteiger partial charge is 0.465 e. The second-order valence-electron chi connectivity index (χ2n) is 4.72. The number of hydrogen-bond donors (Lipinski definition) is 0. The Morgan fingerprint density at radius 2 is 1.80 bits per heavy atom. The number of hydrogen-bond acceptors (Lipinski definition) is 3. The average Bonchev–Trinajstić information content (AvgIpc) is 2.36. The summed E-state index contributed by atoms with van der Waals surface area (Å²) in [6.45, 7) is 2.48. The molecular weight excluding hydrogens is 289 g/mol. The lowest BCUT2D eigenvalue weighted by Gasteiger charge is -2.06. The summed E-state index contributed by atoms with van der Waals surface area (Å²) in [6, 6.07) is 0. The second-order valence-corrected chi connectivity index (χ2v) is 5.94. The minimum absolute atomic E-state index is 0.149. The standard InChI is InChI=1S/C14H25F3O2S/c1-2-3-5-8-13(18)19-10-12-20-11-7-4-6-9-14(15,16)17/h2-12H2,1H3. The van der Waals surface area contributed by atoms with Gasteiger partial charge in [-0.05, 0) is 25.0 Å². The van der Waals surface area contributed by atoms with Crippen LogP contribution in [0.5, 0.6) is 0 Å². The van der Waals surface area contributed by atoms with Gasteiger partial charge >= 0.3 is 12.1 Å². The highest BCUT2D eigenvalue weighted by Gasteiger charge is 2.25. The maximum absolute atomic E-state index is 11.9. The van der Waals surface area contributed by atoms with Gasteiger partial charge in [-0.15, -0.1) is 0 Å². The number of unbranched alkanes of at least 4 members (excludes halogenated alkanes) is 4. The first-order chi connectivity index (χ1) is 9.45. The van der Waals surface area contributed by atoms with E-state index in [4.69, 9.17) is 4.74 Å². The van der Waals surface area contributed by atoms with Gasteiger partial charge in [0.1, 0.15) is 6.61 Å². The van der Waals surface area contributed by atoms with Crippen molar-refractivity contribution in [2.24, 2.45) is 0 Å². The van der Waals surface area contributed by atoms with Crippen LogP contribution in [0.2, 0.25) is 0 Å². The molecule has 0 aromatic heterocycles. The fourth-order valence-corrected chi connectivity index (χ4v) is 2.43. The van der Waals surface area contributed by atoms with Gasteiger partial charge in [0.25, 0.3) is 0 Å². The van der Waals surface area contributed by atoms with Gasteiger partial charge in [-0.1, -0.05) is 26.2 Å². The molecule has 0 amide bonds. The molecule has 0 aliphatic rings. The molecular formula is C14H25F3O2S. The maximum Gasteiger partial charge on any atom is 0.389 e. The Kier molecular flexibility index (Phi) is 12.1. The van der Waals surface area contributed by atoms with Crippen molar-refractivity contribution in [1.82, 2.24) is 0 Å². The van der Waals surface area contributed by atoms with Crippen molar-refractivity contribution in [2.45, 2.75) is 64.5 Å². The molecule has 2 nitrogen and oxygen atoms in total. The molecule has 0 saturated carbocycles. The summed E-state index contributed by atoms with van der Waals surface area (Å²) in [5, 5.41) is 0. The van der Waals surface area contributed by atoms with Crippen molar-refractivity contribution >= 4 is 17.7 Å². The minimum atomic E-state index is -4.03. The molecule has 120 valence electrons. The molecule has 0 bridgehead atoms. The van der Waals surface area contributed by atoms with Crippen molar-refractivity contribution in [3.8, 4) is 0 Å². The number of ether oxygens (including phenoxy) is 1. The lowest BCUT2D eigenvalue weighted by atomic mass is 10.2. The van der Waals surface area contributed by atoms with Crippen molar-refractivity contribution in [2.75, 3.05) is 18.1 Å². The number of alkyl halides is 3. The van der Waals surface area contributed by atoms with E-state index in [2.05, 4.69) is 6.92 Å². The molecule has 0 aromatic carbocycles. The number of halogens is 3.